The second kappa shape index (κ2) is 6.69. The normalized spacial score (nSPS) is 18.8. The zero-order valence-corrected chi connectivity index (χ0v) is 12.5. The maximum Gasteiger partial charge on any atom is 0.390 e. The van der Waals surface area contributed by atoms with E-state index in [4.69, 9.17) is 23.2 Å². The summed E-state index contributed by atoms with van der Waals surface area (Å²) < 4.78 is 52.7. The largest absolute Gasteiger partial charge is 0.390 e. The van der Waals surface area contributed by atoms with Crippen LogP contribution in [0.5, 0.6) is 0 Å². The highest BCUT2D eigenvalue weighted by Crippen LogP contribution is 2.40. The van der Waals surface area contributed by atoms with Crippen LogP contribution in [0.4, 0.5) is 17.6 Å². The van der Waals surface area contributed by atoms with E-state index in [1.165, 1.54) is 6.07 Å². The van der Waals surface area contributed by atoms with E-state index in [0.29, 0.717) is 26.2 Å². The lowest BCUT2D eigenvalue weighted by molar-refractivity contribution is -0.149. The maximum absolute atomic E-state index is 14.1. The minimum absolute atomic E-state index is 0.0513. The molecule has 1 atom stereocenters. The van der Waals surface area contributed by atoms with Gasteiger partial charge < -0.3 is 5.32 Å². The number of hydrogen-bond donors (Lipinski definition) is 1. The van der Waals surface area contributed by atoms with Crippen LogP contribution >= 0.6 is 23.2 Å². The Morgan fingerprint density at radius 1 is 1.19 bits per heavy atom. The molecule has 118 valence electrons. The molecule has 0 saturated carbocycles. The number of nitrogens with one attached hydrogen (secondary N) is 1. The lowest BCUT2D eigenvalue weighted by Crippen LogP contribution is -2.46. The molecular formula is C13H14Cl2F4N2. The fraction of sp³-hybridized carbons (Fsp3) is 0.538. The van der Waals surface area contributed by atoms with Gasteiger partial charge in [0.2, 0.25) is 0 Å². The Hall–Kier alpha value is -0.560. The molecule has 2 rings (SSSR count). The second-order valence-corrected chi connectivity index (χ2v) is 5.66. The molecule has 1 fully saturated rings. The molecule has 1 aromatic carbocycles. The van der Waals surface area contributed by atoms with Crippen LogP contribution in [-0.2, 0) is 0 Å². The van der Waals surface area contributed by atoms with Gasteiger partial charge in [-0.25, -0.2) is 4.39 Å². The van der Waals surface area contributed by atoms with E-state index in [2.05, 4.69) is 5.32 Å². The van der Waals surface area contributed by atoms with Crippen LogP contribution in [0.3, 0.4) is 0 Å². The molecule has 21 heavy (non-hydrogen) atoms. The van der Waals surface area contributed by atoms with E-state index in [0.717, 1.165) is 6.07 Å². The summed E-state index contributed by atoms with van der Waals surface area (Å²) in [6.45, 7) is 1.88. The van der Waals surface area contributed by atoms with Crippen molar-refractivity contribution in [3.8, 4) is 0 Å². The van der Waals surface area contributed by atoms with Gasteiger partial charge in [-0.05, 0) is 12.1 Å². The van der Waals surface area contributed by atoms with Crippen molar-refractivity contribution < 1.29 is 17.6 Å². The third-order valence-electron chi connectivity index (χ3n) is 3.43. The molecule has 2 nitrogen and oxygen atoms in total. The number of halogens is 6. The summed E-state index contributed by atoms with van der Waals surface area (Å²) in [4.78, 5) is 1.59. The Labute approximate surface area is 130 Å². The standard InChI is InChI=1S/C13H14Cl2F4N2/c14-8-1-2-9(16)11(12(8)15)10(7-13(17,18)19)21-5-3-20-4-6-21/h1-2,10,20H,3-7H2/t10-/m1/s1. The maximum atomic E-state index is 14.1. The molecule has 0 amide bonds. The first-order valence-electron chi connectivity index (χ1n) is 6.44. The Bertz CT molecular complexity index is 502. The molecule has 0 spiro atoms. The van der Waals surface area contributed by atoms with Crippen LogP contribution < -0.4 is 5.32 Å². The molecular weight excluding hydrogens is 331 g/mol. The molecule has 0 unspecified atom stereocenters. The Morgan fingerprint density at radius 2 is 1.81 bits per heavy atom. The van der Waals surface area contributed by atoms with Crippen molar-refractivity contribution in [2.24, 2.45) is 0 Å². The first kappa shape index (κ1) is 16.8. The molecule has 0 aromatic heterocycles. The van der Waals surface area contributed by atoms with Gasteiger partial charge in [-0.1, -0.05) is 23.2 Å². The molecule has 0 radical (unpaired) electrons. The van der Waals surface area contributed by atoms with Gasteiger partial charge in [0.25, 0.3) is 0 Å². The third-order valence-corrected chi connectivity index (χ3v) is 4.25. The van der Waals surface area contributed by atoms with E-state index in [9.17, 15) is 17.6 Å². The van der Waals surface area contributed by atoms with E-state index < -0.39 is 24.5 Å². The van der Waals surface area contributed by atoms with Crippen molar-refractivity contribution >= 4 is 23.2 Å². The van der Waals surface area contributed by atoms with E-state index in [1.54, 1.807) is 4.90 Å². The summed E-state index contributed by atoms with van der Waals surface area (Å²) in [5, 5.41) is 2.95. The average Bonchev–Trinajstić information content (AvgIpc) is 2.42. The summed E-state index contributed by atoms with van der Waals surface area (Å²) in [6, 6.07) is 1.12. The lowest BCUT2D eigenvalue weighted by Gasteiger charge is -2.36. The minimum atomic E-state index is -4.42. The minimum Gasteiger partial charge on any atom is -0.314 e. The molecule has 1 aliphatic rings. The lowest BCUT2D eigenvalue weighted by atomic mass is 10.00. The van der Waals surface area contributed by atoms with Gasteiger partial charge in [0.05, 0.1) is 16.5 Å². The van der Waals surface area contributed by atoms with Gasteiger partial charge in [-0.3, -0.25) is 4.90 Å². The highest BCUT2D eigenvalue weighted by atomic mass is 35.5. The van der Waals surface area contributed by atoms with Crippen molar-refractivity contribution in [2.75, 3.05) is 26.2 Å². The van der Waals surface area contributed by atoms with Gasteiger partial charge in [0.15, 0.2) is 0 Å². The summed E-state index contributed by atoms with van der Waals surface area (Å²) >= 11 is 11.8. The van der Waals surface area contributed by atoms with E-state index in [1.807, 2.05) is 0 Å². The monoisotopic (exact) mass is 344 g/mol. The number of alkyl halides is 3. The SMILES string of the molecule is Fc1ccc(Cl)c(Cl)c1[C@@H](CC(F)(F)F)N1CCNCC1. The average molecular weight is 345 g/mol. The van der Waals surface area contributed by atoms with Gasteiger partial charge >= 0.3 is 6.18 Å². The summed E-state index contributed by atoms with van der Waals surface area (Å²) in [5.41, 5.74) is -0.177. The molecule has 8 heteroatoms. The molecule has 1 aromatic rings. The summed E-state index contributed by atoms with van der Waals surface area (Å²) in [7, 11) is 0. The molecule has 0 aliphatic carbocycles. The fourth-order valence-electron chi connectivity index (χ4n) is 2.47. The topological polar surface area (TPSA) is 15.3 Å². The zero-order valence-electron chi connectivity index (χ0n) is 11.0. The number of hydrogen-bond acceptors (Lipinski definition) is 2. The number of rotatable bonds is 3. The van der Waals surface area contributed by atoms with Crippen LogP contribution in [-0.4, -0.2) is 37.3 Å². The first-order chi connectivity index (χ1) is 9.79. The van der Waals surface area contributed by atoms with Crippen LogP contribution in [0.15, 0.2) is 12.1 Å². The van der Waals surface area contributed by atoms with Gasteiger partial charge in [-0.2, -0.15) is 13.2 Å². The molecule has 1 N–H and O–H groups in total. The Balaban J connectivity index is 2.41. The number of benzene rings is 1. The molecule has 1 saturated heterocycles. The third kappa shape index (κ3) is 4.22. The van der Waals surface area contributed by atoms with Crippen molar-refractivity contribution in [1.29, 1.82) is 0 Å². The Kier molecular flexibility index (Phi) is 5.35. The molecule has 1 heterocycles. The smallest absolute Gasteiger partial charge is 0.314 e. The number of nitrogens with zero attached hydrogens (tertiary/aromatic N) is 1. The van der Waals surface area contributed by atoms with E-state index >= 15 is 0 Å². The zero-order chi connectivity index (χ0) is 15.6. The van der Waals surface area contributed by atoms with E-state index in [-0.39, 0.29) is 15.6 Å². The fourth-order valence-corrected chi connectivity index (χ4v) is 2.92. The van der Waals surface area contributed by atoms with Crippen molar-refractivity contribution in [3.63, 3.8) is 0 Å². The van der Waals surface area contributed by atoms with Crippen LogP contribution in [0, 0.1) is 5.82 Å². The summed E-state index contributed by atoms with van der Waals surface area (Å²) in [5.74, 6) is -0.766. The van der Waals surface area contributed by atoms with Crippen molar-refractivity contribution in [3.05, 3.63) is 33.6 Å². The van der Waals surface area contributed by atoms with Crippen LogP contribution in [0.2, 0.25) is 10.0 Å². The van der Waals surface area contributed by atoms with Gasteiger partial charge in [-0.15, -0.1) is 0 Å². The van der Waals surface area contributed by atoms with Gasteiger partial charge in [0.1, 0.15) is 5.82 Å². The van der Waals surface area contributed by atoms with Crippen molar-refractivity contribution in [1.82, 2.24) is 10.2 Å². The highest BCUT2D eigenvalue weighted by molar-refractivity contribution is 6.42. The summed E-state index contributed by atoms with van der Waals surface area (Å²) in [6.07, 6.45) is -5.59. The van der Waals surface area contributed by atoms with Crippen molar-refractivity contribution in [2.45, 2.75) is 18.6 Å². The van der Waals surface area contributed by atoms with Crippen LogP contribution in [0.25, 0.3) is 0 Å². The highest BCUT2D eigenvalue weighted by Gasteiger charge is 2.38. The predicted molar refractivity (Wildman–Crippen MR) is 74.3 cm³/mol. The molecule has 0 bridgehead atoms. The quantitative estimate of drug-likeness (QED) is 0.657. The van der Waals surface area contributed by atoms with Gasteiger partial charge in [0, 0.05) is 37.8 Å². The first-order valence-corrected chi connectivity index (χ1v) is 7.20. The molecule has 1 aliphatic heterocycles. The Morgan fingerprint density at radius 3 is 2.38 bits per heavy atom. The number of piperazine rings is 1. The second-order valence-electron chi connectivity index (χ2n) is 4.88. The van der Waals surface area contributed by atoms with Crippen LogP contribution in [0.1, 0.15) is 18.0 Å². The predicted octanol–water partition coefficient (Wildman–Crippen LogP) is 4.03.